The Kier molecular flexibility index (Phi) is 4.75. The lowest BCUT2D eigenvalue weighted by Gasteiger charge is -2.16. The summed E-state index contributed by atoms with van der Waals surface area (Å²) in [6.07, 6.45) is 1.49. The second-order valence-corrected chi connectivity index (χ2v) is 3.05. The quantitative estimate of drug-likeness (QED) is 0.444. The number of nitrogens with one attached hydrogen (secondary N) is 1. The third-order valence-corrected chi connectivity index (χ3v) is 1.98. The van der Waals surface area contributed by atoms with Gasteiger partial charge in [-0.1, -0.05) is 0 Å². The Labute approximate surface area is 104 Å². The molecule has 1 aliphatic heterocycles. The minimum absolute atomic E-state index is 0.0344. The molecule has 0 unspecified atom stereocenters. The first-order valence-electron chi connectivity index (χ1n) is 5.13. The Morgan fingerprint density at radius 1 is 1.50 bits per heavy atom. The first-order chi connectivity index (χ1) is 8.65. The molecule has 0 aromatic rings. The molecule has 0 aliphatic carbocycles. The monoisotopic (exact) mass is 251 g/mol. The number of carbonyl (C=O) groups excluding carboxylic acids is 1. The molecule has 0 radical (unpaired) electrons. The Bertz CT molecular complexity index is 471. The molecule has 0 aromatic carbocycles. The van der Waals surface area contributed by atoms with E-state index < -0.39 is 5.97 Å². The summed E-state index contributed by atoms with van der Waals surface area (Å²) in [4.78, 5) is 15.5. The van der Waals surface area contributed by atoms with Crippen molar-refractivity contribution in [1.29, 1.82) is 5.26 Å². The molecule has 0 bridgehead atoms. The Morgan fingerprint density at radius 3 is 2.72 bits per heavy atom. The highest BCUT2D eigenvalue weighted by Crippen LogP contribution is 2.13. The molecule has 0 atom stereocenters. The fourth-order valence-electron chi connectivity index (χ4n) is 1.17. The van der Waals surface area contributed by atoms with Crippen LogP contribution in [0.5, 0.6) is 0 Å². The van der Waals surface area contributed by atoms with Crippen LogP contribution in [-0.4, -0.2) is 32.7 Å². The van der Waals surface area contributed by atoms with E-state index in [0.29, 0.717) is 5.88 Å². The van der Waals surface area contributed by atoms with E-state index in [1.54, 1.807) is 13.0 Å². The predicted molar refractivity (Wildman–Crippen MR) is 61.9 cm³/mol. The molecule has 1 rings (SSSR count). The molecule has 0 amide bonds. The van der Waals surface area contributed by atoms with E-state index in [4.69, 9.17) is 19.5 Å². The molecule has 0 fully saturated rings. The number of hydrogen-bond donors (Lipinski definition) is 1. The van der Waals surface area contributed by atoms with E-state index >= 15 is 0 Å². The fourth-order valence-corrected chi connectivity index (χ4v) is 1.17. The number of hydrogen-bond acceptors (Lipinski definition) is 7. The van der Waals surface area contributed by atoms with Crippen molar-refractivity contribution in [2.75, 3.05) is 20.8 Å². The Balaban J connectivity index is 3.14. The number of methoxy groups -OCH3 is 2. The van der Waals surface area contributed by atoms with Gasteiger partial charge in [-0.25, -0.2) is 4.79 Å². The molecule has 7 heteroatoms. The maximum Gasteiger partial charge on any atom is 0.352 e. The molecule has 7 nitrogen and oxygen atoms in total. The van der Waals surface area contributed by atoms with Crippen molar-refractivity contribution in [3.63, 3.8) is 0 Å². The average molecular weight is 251 g/mol. The van der Waals surface area contributed by atoms with Crippen molar-refractivity contribution in [2.45, 2.75) is 6.92 Å². The van der Waals surface area contributed by atoms with Gasteiger partial charge in [0.15, 0.2) is 17.3 Å². The molecule has 0 spiro atoms. The van der Waals surface area contributed by atoms with Gasteiger partial charge in [-0.2, -0.15) is 10.3 Å². The zero-order chi connectivity index (χ0) is 13.5. The van der Waals surface area contributed by atoms with Gasteiger partial charge in [0, 0.05) is 0 Å². The fraction of sp³-hybridized carbons (Fsp3) is 0.364. The summed E-state index contributed by atoms with van der Waals surface area (Å²) < 4.78 is 14.7. The topological polar surface area (TPSA) is 92.9 Å². The number of carbonyl (C=O) groups is 1. The van der Waals surface area contributed by atoms with Crippen LogP contribution in [-0.2, 0) is 19.0 Å². The third-order valence-electron chi connectivity index (χ3n) is 1.98. The van der Waals surface area contributed by atoms with Gasteiger partial charge in [-0.15, -0.1) is 0 Å². The van der Waals surface area contributed by atoms with Gasteiger partial charge < -0.3 is 19.5 Å². The third kappa shape index (κ3) is 3.01. The van der Waals surface area contributed by atoms with Crippen LogP contribution in [0.2, 0.25) is 0 Å². The number of aliphatic imine (C=N–C) groups is 1. The molecule has 96 valence electrons. The van der Waals surface area contributed by atoms with Gasteiger partial charge in [-0.3, -0.25) is 0 Å². The van der Waals surface area contributed by atoms with Crippen LogP contribution in [0.25, 0.3) is 0 Å². The molecule has 0 saturated heterocycles. The van der Waals surface area contributed by atoms with E-state index in [-0.39, 0.29) is 23.9 Å². The van der Waals surface area contributed by atoms with Crippen LogP contribution in [0.15, 0.2) is 28.3 Å². The zero-order valence-corrected chi connectivity index (χ0v) is 10.3. The first-order valence-corrected chi connectivity index (χ1v) is 5.13. The van der Waals surface area contributed by atoms with Gasteiger partial charge in [0.1, 0.15) is 6.07 Å². The molecule has 0 saturated carbocycles. The molecule has 1 aliphatic rings. The maximum absolute atomic E-state index is 11.6. The number of rotatable bonds is 3. The summed E-state index contributed by atoms with van der Waals surface area (Å²) in [5, 5.41) is 11.7. The van der Waals surface area contributed by atoms with E-state index in [0.717, 1.165) is 0 Å². The van der Waals surface area contributed by atoms with Gasteiger partial charge in [0.25, 0.3) is 0 Å². The lowest BCUT2D eigenvalue weighted by atomic mass is 10.3. The van der Waals surface area contributed by atoms with Crippen molar-refractivity contribution in [3.05, 3.63) is 23.4 Å². The van der Waals surface area contributed by atoms with Gasteiger partial charge >= 0.3 is 5.97 Å². The molecular weight excluding hydrogens is 238 g/mol. The number of nitriles is 1. The highest BCUT2D eigenvalue weighted by atomic mass is 16.5. The second-order valence-electron chi connectivity index (χ2n) is 3.05. The van der Waals surface area contributed by atoms with Crippen molar-refractivity contribution in [1.82, 2.24) is 5.32 Å². The minimum Gasteiger partial charge on any atom is -0.482 e. The van der Waals surface area contributed by atoms with Gasteiger partial charge in [0.05, 0.1) is 26.9 Å². The zero-order valence-electron chi connectivity index (χ0n) is 10.3. The summed E-state index contributed by atoms with van der Waals surface area (Å²) >= 11 is 0. The van der Waals surface area contributed by atoms with Crippen molar-refractivity contribution in [2.24, 2.45) is 4.99 Å². The lowest BCUT2D eigenvalue weighted by molar-refractivity contribution is -0.138. The van der Waals surface area contributed by atoms with E-state index in [1.807, 2.05) is 0 Å². The average Bonchev–Trinajstić information content (AvgIpc) is 2.39. The summed E-state index contributed by atoms with van der Waals surface area (Å²) in [7, 11) is 2.85. The predicted octanol–water partition coefficient (Wildman–Crippen LogP) is 0.421. The SMILES string of the molecule is CCOC(=O)C(C#N)=C1N=C(OC)C=C(OC)N1. The normalized spacial score (nSPS) is 16.6. The van der Waals surface area contributed by atoms with Crippen LogP contribution in [0.3, 0.4) is 0 Å². The molecule has 1 heterocycles. The largest absolute Gasteiger partial charge is 0.482 e. The van der Waals surface area contributed by atoms with Crippen LogP contribution >= 0.6 is 0 Å². The summed E-state index contributed by atoms with van der Waals surface area (Å²) in [5.41, 5.74) is -0.242. The lowest BCUT2D eigenvalue weighted by Crippen LogP contribution is -2.24. The molecule has 18 heavy (non-hydrogen) atoms. The highest BCUT2D eigenvalue weighted by Gasteiger charge is 2.21. The highest BCUT2D eigenvalue weighted by molar-refractivity contribution is 5.96. The minimum atomic E-state index is -0.751. The second kappa shape index (κ2) is 6.30. The van der Waals surface area contributed by atoms with Crippen molar-refractivity contribution >= 4 is 11.9 Å². The smallest absolute Gasteiger partial charge is 0.352 e. The molecular formula is C11H13N3O4. The Morgan fingerprint density at radius 2 is 2.22 bits per heavy atom. The summed E-state index contributed by atoms with van der Waals surface area (Å²) in [6, 6.07) is 1.74. The number of ether oxygens (including phenoxy) is 3. The maximum atomic E-state index is 11.6. The Hall–Kier alpha value is -2.49. The van der Waals surface area contributed by atoms with Gasteiger partial charge in [0.2, 0.25) is 5.90 Å². The van der Waals surface area contributed by atoms with E-state index in [1.165, 1.54) is 20.3 Å². The van der Waals surface area contributed by atoms with Gasteiger partial charge in [-0.05, 0) is 6.92 Å². The van der Waals surface area contributed by atoms with Crippen LogP contribution in [0.1, 0.15) is 6.92 Å². The van der Waals surface area contributed by atoms with E-state index in [9.17, 15) is 4.79 Å². The van der Waals surface area contributed by atoms with Crippen molar-refractivity contribution < 1.29 is 19.0 Å². The van der Waals surface area contributed by atoms with E-state index in [2.05, 4.69) is 10.3 Å². The van der Waals surface area contributed by atoms with Crippen LogP contribution in [0, 0.1) is 11.3 Å². The molecule has 0 aromatic heterocycles. The first kappa shape index (κ1) is 13.6. The number of nitrogens with zero attached hydrogens (tertiary/aromatic N) is 2. The standard InChI is InChI=1S/C11H13N3O4/c1-4-18-11(15)7(6-12)10-13-8(16-2)5-9(14-10)17-3/h5,13H,4H2,1-3H3. The van der Waals surface area contributed by atoms with Crippen LogP contribution in [0.4, 0.5) is 0 Å². The van der Waals surface area contributed by atoms with Crippen molar-refractivity contribution in [3.8, 4) is 6.07 Å². The summed E-state index contributed by atoms with van der Waals surface area (Å²) in [6.45, 7) is 1.82. The molecule has 1 N–H and O–H groups in total. The summed E-state index contributed by atoms with van der Waals surface area (Å²) in [5.74, 6) is -0.183. The van der Waals surface area contributed by atoms with Crippen LogP contribution < -0.4 is 5.32 Å². The number of esters is 1.